The van der Waals surface area contributed by atoms with E-state index in [0.29, 0.717) is 59.7 Å². The number of anilines is 4. The molecule has 9 nitrogen and oxygen atoms in total. The Morgan fingerprint density at radius 2 is 1.81 bits per heavy atom. The lowest BCUT2D eigenvalue weighted by atomic mass is 9.96. The van der Waals surface area contributed by atoms with Crippen molar-refractivity contribution in [3.63, 3.8) is 0 Å². The average molecular weight is 583 g/mol. The molecule has 2 aliphatic heterocycles. The summed E-state index contributed by atoms with van der Waals surface area (Å²) >= 11 is 0. The van der Waals surface area contributed by atoms with Gasteiger partial charge in [-0.1, -0.05) is 24.3 Å². The Morgan fingerprint density at radius 3 is 2.50 bits per heavy atom. The van der Waals surface area contributed by atoms with E-state index in [9.17, 15) is 22.4 Å². The number of allylic oxidation sites excluding steroid dienone is 1. The maximum Gasteiger partial charge on any atom is 0.416 e. The minimum atomic E-state index is -4.41. The molecule has 220 valence electrons. The number of halogens is 4. The zero-order valence-corrected chi connectivity index (χ0v) is 22.6. The standard InChI is InChI=1S/C29H30F4N8O/c30-20-2-1-3-22(26(20)41-12-10-17(15-34)11-13-41)38-27(42)23-9-8-21(37-23)24-14-25(40-28(35)39-24)36-16-18-4-6-19(7-5-18)29(31,32)33/h1-8,14,17H,9-13,15-16,34H2,(H,38,42)(H3,35,36,39,40). The summed E-state index contributed by atoms with van der Waals surface area (Å²) in [7, 11) is 0. The Labute approximate surface area is 239 Å². The third-order valence-corrected chi connectivity index (χ3v) is 7.27. The molecule has 1 saturated heterocycles. The molecule has 1 amide bonds. The number of rotatable bonds is 8. The second kappa shape index (κ2) is 12.1. The molecule has 42 heavy (non-hydrogen) atoms. The van der Waals surface area contributed by atoms with Gasteiger partial charge in [-0.25, -0.2) is 14.4 Å². The van der Waals surface area contributed by atoms with Crippen LogP contribution in [0, 0.1) is 11.7 Å². The third-order valence-electron chi connectivity index (χ3n) is 7.27. The minimum absolute atomic E-state index is 0.0424. The van der Waals surface area contributed by atoms with Crippen molar-refractivity contribution in [3.05, 3.63) is 77.2 Å². The molecule has 1 fully saturated rings. The summed E-state index contributed by atoms with van der Waals surface area (Å²) < 4.78 is 53.4. The fourth-order valence-corrected chi connectivity index (χ4v) is 4.95. The van der Waals surface area contributed by atoms with E-state index in [1.807, 2.05) is 4.90 Å². The van der Waals surface area contributed by atoms with Gasteiger partial charge < -0.3 is 27.0 Å². The van der Waals surface area contributed by atoms with Crippen molar-refractivity contribution in [1.29, 1.82) is 0 Å². The highest BCUT2D eigenvalue weighted by molar-refractivity contribution is 6.45. The van der Waals surface area contributed by atoms with Gasteiger partial charge in [-0.3, -0.25) is 4.79 Å². The molecule has 0 unspecified atom stereocenters. The first-order chi connectivity index (χ1) is 20.1. The Kier molecular flexibility index (Phi) is 8.39. The highest BCUT2D eigenvalue weighted by Crippen LogP contribution is 2.33. The zero-order chi connectivity index (χ0) is 29.9. The van der Waals surface area contributed by atoms with Gasteiger partial charge >= 0.3 is 6.18 Å². The molecule has 0 aliphatic carbocycles. The van der Waals surface area contributed by atoms with Gasteiger partial charge in [0.15, 0.2) is 0 Å². The van der Waals surface area contributed by atoms with Gasteiger partial charge in [0, 0.05) is 32.1 Å². The summed E-state index contributed by atoms with van der Waals surface area (Å²) in [5.41, 5.74) is 13.3. The molecule has 3 aromatic rings. The van der Waals surface area contributed by atoms with Gasteiger partial charge in [-0.2, -0.15) is 18.2 Å². The molecular weight excluding hydrogens is 552 g/mol. The number of hydrogen-bond acceptors (Lipinski definition) is 8. The number of para-hydroxylation sites is 1. The van der Waals surface area contributed by atoms with Crippen LogP contribution < -0.4 is 27.0 Å². The Hall–Kier alpha value is -4.52. The van der Waals surface area contributed by atoms with Crippen molar-refractivity contribution in [2.45, 2.75) is 32.0 Å². The Bertz CT molecular complexity index is 1510. The number of nitrogens with zero attached hydrogens (tertiary/aromatic N) is 4. The predicted octanol–water partition coefficient (Wildman–Crippen LogP) is 4.83. The summed E-state index contributed by atoms with van der Waals surface area (Å²) in [6, 6.07) is 10.9. The maximum atomic E-state index is 14.9. The molecule has 6 N–H and O–H groups in total. The molecule has 1 aromatic heterocycles. The normalized spacial score (nSPS) is 15.8. The molecule has 0 bridgehead atoms. The van der Waals surface area contributed by atoms with E-state index in [1.165, 1.54) is 18.2 Å². The van der Waals surface area contributed by atoms with Crippen LogP contribution in [0.1, 0.15) is 36.1 Å². The van der Waals surface area contributed by atoms with Crippen LogP contribution in [0.3, 0.4) is 0 Å². The lowest BCUT2D eigenvalue weighted by Gasteiger charge is -2.34. The van der Waals surface area contributed by atoms with Crippen LogP contribution in [-0.2, 0) is 17.5 Å². The van der Waals surface area contributed by atoms with E-state index in [4.69, 9.17) is 11.5 Å². The van der Waals surface area contributed by atoms with Gasteiger partial charge in [0.25, 0.3) is 5.91 Å². The number of piperidine rings is 1. The summed E-state index contributed by atoms with van der Waals surface area (Å²) in [6.45, 7) is 2.08. The Balaban J connectivity index is 1.26. The summed E-state index contributed by atoms with van der Waals surface area (Å²) in [6.07, 6.45) is -0.760. The van der Waals surface area contributed by atoms with Gasteiger partial charge in [-0.15, -0.1) is 0 Å². The SMILES string of the molecule is NCC1CCN(c2c(F)cccc2NC(=O)C2=NC(c3cc(NCc4ccc(C(F)(F)F)cc4)nc(N)n3)=CC2)CC1. The van der Waals surface area contributed by atoms with E-state index in [0.717, 1.165) is 25.0 Å². The number of nitrogen functional groups attached to an aromatic ring is 1. The predicted molar refractivity (Wildman–Crippen MR) is 154 cm³/mol. The van der Waals surface area contributed by atoms with Crippen molar-refractivity contribution in [3.8, 4) is 0 Å². The van der Waals surface area contributed by atoms with Crippen LogP contribution in [0.25, 0.3) is 5.70 Å². The zero-order valence-electron chi connectivity index (χ0n) is 22.6. The van der Waals surface area contributed by atoms with Crippen LogP contribution in [0.15, 0.2) is 59.6 Å². The number of hydrogen-bond donors (Lipinski definition) is 4. The van der Waals surface area contributed by atoms with Crippen molar-refractivity contribution < 1.29 is 22.4 Å². The Morgan fingerprint density at radius 1 is 1.07 bits per heavy atom. The first-order valence-corrected chi connectivity index (χ1v) is 13.5. The van der Waals surface area contributed by atoms with Crippen molar-refractivity contribution >= 4 is 40.5 Å². The van der Waals surface area contributed by atoms with Gasteiger partial charge in [0.1, 0.15) is 17.3 Å². The largest absolute Gasteiger partial charge is 0.416 e. The van der Waals surface area contributed by atoms with E-state index >= 15 is 0 Å². The van der Waals surface area contributed by atoms with Crippen molar-refractivity contribution in [2.75, 3.05) is 40.9 Å². The summed E-state index contributed by atoms with van der Waals surface area (Å²) in [4.78, 5) is 27.9. The quantitative estimate of drug-likeness (QED) is 0.280. The van der Waals surface area contributed by atoms with Gasteiger partial charge in [0.2, 0.25) is 5.95 Å². The monoisotopic (exact) mass is 582 g/mol. The smallest absolute Gasteiger partial charge is 0.368 e. The first-order valence-electron chi connectivity index (χ1n) is 13.5. The molecule has 5 rings (SSSR count). The lowest BCUT2D eigenvalue weighted by molar-refractivity contribution is -0.137. The van der Waals surface area contributed by atoms with E-state index in [1.54, 1.807) is 24.3 Å². The van der Waals surface area contributed by atoms with E-state index in [2.05, 4.69) is 25.6 Å². The molecule has 13 heteroatoms. The fraction of sp³-hybridized carbons (Fsp3) is 0.310. The van der Waals surface area contributed by atoms with Crippen LogP contribution in [0.4, 0.5) is 40.7 Å². The number of benzene rings is 2. The third kappa shape index (κ3) is 6.68. The van der Waals surface area contributed by atoms with Crippen LogP contribution in [-0.4, -0.2) is 41.2 Å². The summed E-state index contributed by atoms with van der Waals surface area (Å²) in [5, 5.41) is 5.84. The number of carbonyl (C=O) groups excluding carboxylic acids is 1. The van der Waals surface area contributed by atoms with Crippen LogP contribution >= 0.6 is 0 Å². The number of nitrogens with two attached hydrogens (primary N) is 2. The summed E-state index contributed by atoms with van der Waals surface area (Å²) in [5.74, 6) is -0.181. The molecular formula is C29H30F4N8O. The molecule has 0 radical (unpaired) electrons. The fourth-order valence-electron chi connectivity index (χ4n) is 4.95. The minimum Gasteiger partial charge on any atom is -0.368 e. The van der Waals surface area contributed by atoms with Crippen molar-refractivity contribution in [1.82, 2.24) is 9.97 Å². The average Bonchev–Trinajstić information content (AvgIpc) is 3.47. The van der Waals surface area contributed by atoms with E-state index in [-0.39, 0.29) is 24.6 Å². The van der Waals surface area contributed by atoms with Crippen LogP contribution in [0.5, 0.6) is 0 Å². The maximum absolute atomic E-state index is 14.9. The topological polar surface area (TPSA) is 135 Å². The number of alkyl halides is 3. The number of nitrogens with one attached hydrogen (secondary N) is 2. The number of carbonyl (C=O) groups is 1. The molecule has 2 aromatic carbocycles. The second-order valence-corrected chi connectivity index (χ2v) is 10.2. The molecule has 0 spiro atoms. The highest BCUT2D eigenvalue weighted by atomic mass is 19.4. The number of aliphatic imine (C=N–C) groups is 1. The van der Waals surface area contributed by atoms with Gasteiger partial charge in [-0.05, 0) is 55.1 Å². The van der Waals surface area contributed by atoms with E-state index < -0.39 is 23.5 Å². The lowest BCUT2D eigenvalue weighted by Crippen LogP contribution is -2.37. The highest BCUT2D eigenvalue weighted by Gasteiger charge is 2.30. The molecule has 2 aliphatic rings. The van der Waals surface area contributed by atoms with Crippen molar-refractivity contribution in [2.24, 2.45) is 16.6 Å². The second-order valence-electron chi connectivity index (χ2n) is 10.2. The molecule has 0 saturated carbocycles. The number of amides is 1. The number of aromatic nitrogens is 2. The molecule has 0 atom stereocenters. The first kappa shape index (κ1) is 29.0. The molecule has 3 heterocycles. The van der Waals surface area contributed by atoms with Crippen LogP contribution in [0.2, 0.25) is 0 Å². The van der Waals surface area contributed by atoms with Gasteiger partial charge in [0.05, 0.1) is 28.3 Å².